The van der Waals surface area contributed by atoms with Gasteiger partial charge in [-0.1, -0.05) is 15.9 Å². The Labute approximate surface area is 164 Å². The summed E-state index contributed by atoms with van der Waals surface area (Å²) in [6.07, 6.45) is 1.27. The molecule has 0 aromatic heterocycles. The zero-order chi connectivity index (χ0) is 19.4. The third-order valence-electron chi connectivity index (χ3n) is 3.20. The van der Waals surface area contributed by atoms with E-state index in [4.69, 9.17) is 4.74 Å². The molecular weight excluding hydrogens is 476 g/mol. The Balaban J connectivity index is 2.39. The highest BCUT2D eigenvalue weighted by Gasteiger charge is 2.17. The number of carbonyl (C=O) groups excluding carboxylic acids is 1. The van der Waals surface area contributed by atoms with E-state index in [0.717, 1.165) is 0 Å². The summed E-state index contributed by atoms with van der Waals surface area (Å²) in [5.74, 6) is -0.658. The van der Waals surface area contributed by atoms with E-state index in [2.05, 4.69) is 31.9 Å². The third-order valence-corrected chi connectivity index (χ3v) is 4.24. The van der Waals surface area contributed by atoms with Crippen LogP contribution in [0, 0.1) is 20.2 Å². The standard InChI is InChI=1S/C16H10Br2N2O6/c1-9(19(22)23)6-11-7-12(17)8-14(18)15(11)26-16(21)10-2-4-13(5-3-10)20(24)25/h2-8H,1H3/b9-6+. The average Bonchev–Trinajstić information content (AvgIpc) is 2.57. The minimum atomic E-state index is -0.753. The molecule has 2 aromatic carbocycles. The molecule has 0 heterocycles. The Kier molecular flexibility index (Phi) is 6.22. The minimum absolute atomic E-state index is 0.0951. The maximum Gasteiger partial charge on any atom is 0.343 e. The summed E-state index contributed by atoms with van der Waals surface area (Å²) in [6.45, 7) is 1.32. The molecule has 10 heteroatoms. The van der Waals surface area contributed by atoms with Crippen LogP contribution >= 0.6 is 31.9 Å². The molecule has 0 amide bonds. The molecule has 0 atom stereocenters. The second-order valence-corrected chi connectivity index (χ2v) is 6.81. The van der Waals surface area contributed by atoms with Crippen molar-refractivity contribution in [1.29, 1.82) is 0 Å². The van der Waals surface area contributed by atoms with Crippen LogP contribution in [-0.4, -0.2) is 15.8 Å². The van der Waals surface area contributed by atoms with Gasteiger partial charge in [0, 0.05) is 35.2 Å². The third kappa shape index (κ3) is 4.73. The molecule has 8 nitrogen and oxygen atoms in total. The molecular formula is C16H10Br2N2O6. The zero-order valence-electron chi connectivity index (χ0n) is 13.1. The van der Waals surface area contributed by atoms with Crippen molar-refractivity contribution in [2.24, 2.45) is 0 Å². The number of benzene rings is 2. The van der Waals surface area contributed by atoms with Crippen molar-refractivity contribution < 1.29 is 19.4 Å². The number of non-ortho nitro benzene ring substituents is 1. The molecule has 0 aliphatic rings. The lowest BCUT2D eigenvalue weighted by Gasteiger charge is -2.10. The Morgan fingerprint density at radius 3 is 2.27 bits per heavy atom. The lowest BCUT2D eigenvalue weighted by Crippen LogP contribution is -2.10. The van der Waals surface area contributed by atoms with Crippen LogP contribution in [0.1, 0.15) is 22.8 Å². The van der Waals surface area contributed by atoms with Crippen molar-refractivity contribution in [2.45, 2.75) is 6.92 Å². The highest BCUT2D eigenvalue weighted by atomic mass is 79.9. The zero-order valence-corrected chi connectivity index (χ0v) is 16.3. The van der Waals surface area contributed by atoms with Crippen LogP contribution in [-0.2, 0) is 0 Å². The monoisotopic (exact) mass is 484 g/mol. The van der Waals surface area contributed by atoms with Crippen LogP contribution in [0.4, 0.5) is 5.69 Å². The van der Waals surface area contributed by atoms with Crippen molar-refractivity contribution in [1.82, 2.24) is 0 Å². The smallest absolute Gasteiger partial charge is 0.343 e. The molecule has 26 heavy (non-hydrogen) atoms. The van der Waals surface area contributed by atoms with Gasteiger partial charge in [-0.15, -0.1) is 0 Å². The topological polar surface area (TPSA) is 113 Å². The molecule has 0 spiro atoms. The lowest BCUT2D eigenvalue weighted by atomic mass is 10.1. The van der Waals surface area contributed by atoms with Gasteiger partial charge in [0.05, 0.1) is 19.9 Å². The van der Waals surface area contributed by atoms with Crippen molar-refractivity contribution in [3.05, 3.63) is 82.4 Å². The Bertz CT molecular complexity index is 925. The van der Waals surface area contributed by atoms with Crippen molar-refractivity contribution >= 4 is 49.6 Å². The molecule has 0 aliphatic carbocycles. The number of carbonyl (C=O) groups is 1. The quantitative estimate of drug-likeness (QED) is 0.255. The van der Waals surface area contributed by atoms with E-state index >= 15 is 0 Å². The van der Waals surface area contributed by atoms with Crippen LogP contribution in [0.25, 0.3) is 6.08 Å². The van der Waals surface area contributed by atoms with E-state index in [9.17, 15) is 25.0 Å². The molecule has 0 bridgehead atoms. The van der Waals surface area contributed by atoms with Crippen molar-refractivity contribution in [2.75, 3.05) is 0 Å². The molecule has 0 aliphatic heterocycles. The molecule has 0 fully saturated rings. The number of nitro benzene ring substituents is 1. The number of hydrogen-bond donors (Lipinski definition) is 0. The fourth-order valence-electron chi connectivity index (χ4n) is 1.94. The van der Waals surface area contributed by atoms with Crippen LogP contribution in [0.2, 0.25) is 0 Å². The van der Waals surface area contributed by atoms with E-state index in [1.54, 1.807) is 12.1 Å². The summed E-state index contributed by atoms with van der Waals surface area (Å²) < 4.78 is 6.39. The first kappa shape index (κ1) is 19.7. The summed E-state index contributed by atoms with van der Waals surface area (Å²) in [7, 11) is 0. The number of halogens is 2. The van der Waals surface area contributed by atoms with Gasteiger partial charge in [-0.25, -0.2) is 4.79 Å². The summed E-state index contributed by atoms with van der Waals surface area (Å²) in [5.41, 5.74) is 0.126. The first-order chi connectivity index (χ1) is 12.2. The molecule has 2 rings (SSSR count). The van der Waals surface area contributed by atoms with E-state index < -0.39 is 15.8 Å². The first-order valence-corrected chi connectivity index (χ1v) is 8.56. The van der Waals surface area contributed by atoms with Gasteiger partial charge in [0.1, 0.15) is 0 Å². The largest absolute Gasteiger partial charge is 0.421 e. The van der Waals surface area contributed by atoms with E-state index in [0.29, 0.717) is 14.5 Å². The van der Waals surface area contributed by atoms with Crippen LogP contribution in [0.3, 0.4) is 0 Å². The number of ether oxygens (including phenoxy) is 1. The maximum atomic E-state index is 12.3. The summed E-state index contributed by atoms with van der Waals surface area (Å²) in [5, 5.41) is 21.5. The number of hydrogen-bond acceptors (Lipinski definition) is 6. The fraction of sp³-hybridized carbons (Fsp3) is 0.0625. The van der Waals surface area contributed by atoms with Gasteiger partial charge in [-0.05, 0) is 40.2 Å². The van der Waals surface area contributed by atoms with Gasteiger partial charge in [0.25, 0.3) is 5.69 Å². The molecule has 0 unspecified atom stereocenters. The van der Waals surface area contributed by atoms with Crippen LogP contribution in [0.5, 0.6) is 5.75 Å². The van der Waals surface area contributed by atoms with Gasteiger partial charge in [-0.2, -0.15) is 0 Å². The molecule has 0 saturated heterocycles. The normalized spacial score (nSPS) is 11.1. The SMILES string of the molecule is C/C(=C\c1cc(Br)cc(Br)c1OC(=O)c1ccc([N+](=O)[O-])cc1)[N+](=O)[O-]. The molecule has 0 radical (unpaired) electrons. The Morgan fingerprint density at radius 1 is 1.12 bits per heavy atom. The predicted molar refractivity (Wildman–Crippen MR) is 101 cm³/mol. The van der Waals surface area contributed by atoms with Gasteiger partial charge >= 0.3 is 5.97 Å². The molecule has 0 saturated carbocycles. The van der Waals surface area contributed by atoms with Gasteiger partial charge in [0.2, 0.25) is 5.70 Å². The fourth-order valence-corrected chi connectivity index (χ4v) is 3.28. The van der Waals surface area contributed by atoms with Gasteiger partial charge < -0.3 is 4.74 Å². The number of esters is 1. The lowest BCUT2D eigenvalue weighted by molar-refractivity contribution is -0.422. The van der Waals surface area contributed by atoms with Gasteiger partial charge in [0.15, 0.2) is 5.75 Å². The molecule has 2 aromatic rings. The van der Waals surface area contributed by atoms with Gasteiger partial charge in [-0.3, -0.25) is 20.2 Å². The average molecular weight is 486 g/mol. The Hall–Kier alpha value is -2.59. The number of nitrogens with zero attached hydrogens (tertiary/aromatic N) is 2. The van der Waals surface area contributed by atoms with Crippen molar-refractivity contribution in [3.8, 4) is 5.75 Å². The maximum absolute atomic E-state index is 12.3. The first-order valence-electron chi connectivity index (χ1n) is 6.97. The van der Waals surface area contributed by atoms with E-state index in [1.165, 1.54) is 37.3 Å². The highest BCUT2D eigenvalue weighted by molar-refractivity contribution is 9.11. The highest BCUT2D eigenvalue weighted by Crippen LogP contribution is 2.35. The van der Waals surface area contributed by atoms with Crippen LogP contribution in [0.15, 0.2) is 51.0 Å². The number of allylic oxidation sites excluding steroid dienone is 1. The van der Waals surface area contributed by atoms with E-state index in [1.807, 2.05) is 0 Å². The van der Waals surface area contributed by atoms with E-state index in [-0.39, 0.29) is 22.7 Å². The molecule has 0 N–H and O–H groups in total. The number of rotatable bonds is 5. The minimum Gasteiger partial charge on any atom is -0.421 e. The predicted octanol–water partition coefficient (Wildman–Crippen LogP) is 4.98. The molecule has 134 valence electrons. The summed E-state index contributed by atoms with van der Waals surface area (Å²) in [6, 6.07) is 8.10. The summed E-state index contributed by atoms with van der Waals surface area (Å²) >= 11 is 6.53. The Morgan fingerprint density at radius 2 is 1.73 bits per heavy atom. The second kappa shape index (κ2) is 8.19. The summed E-state index contributed by atoms with van der Waals surface area (Å²) in [4.78, 5) is 32.7. The second-order valence-electron chi connectivity index (χ2n) is 5.04. The van der Waals surface area contributed by atoms with Crippen molar-refractivity contribution in [3.63, 3.8) is 0 Å². The van der Waals surface area contributed by atoms with Crippen LogP contribution < -0.4 is 4.74 Å². The number of nitro groups is 2.